The van der Waals surface area contributed by atoms with Gasteiger partial charge in [-0.3, -0.25) is 0 Å². The van der Waals surface area contributed by atoms with Crippen LogP contribution < -0.4 is 5.46 Å². The maximum atomic E-state index is 8.87. The molecule has 0 radical (unpaired) electrons. The molecule has 2 N–H and O–H groups in total. The van der Waals surface area contributed by atoms with Crippen molar-refractivity contribution in [3.05, 3.63) is 29.8 Å². The molecule has 1 aliphatic heterocycles. The van der Waals surface area contributed by atoms with E-state index in [9.17, 15) is 0 Å². The van der Waals surface area contributed by atoms with Crippen LogP contribution in [-0.4, -0.2) is 30.4 Å². The lowest BCUT2D eigenvalue weighted by molar-refractivity contribution is -0.0441. The molecule has 0 unspecified atom stereocenters. The zero-order valence-corrected chi connectivity index (χ0v) is 7.59. The topological polar surface area (TPSA) is 58.9 Å². The molecule has 1 heterocycles. The highest BCUT2D eigenvalue weighted by molar-refractivity contribution is 6.58. The van der Waals surface area contributed by atoms with E-state index in [1.807, 2.05) is 0 Å². The molecule has 5 heteroatoms. The average molecular weight is 194 g/mol. The van der Waals surface area contributed by atoms with Crippen molar-refractivity contribution in [2.24, 2.45) is 0 Å². The molecule has 0 aliphatic carbocycles. The molecule has 1 aliphatic rings. The summed E-state index contributed by atoms with van der Waals surface area (Å²) in [6.07, 6.45) is -0.306. The first kappa shape index (κ1) is 9.67. The smallest absolute Gasteiger partial charge is 0.423 e. The third-order valence-corrected chi connectivity index (χ3v) is 2.13. The summed E-state index contributed by atoms with van der Waals surface area (Å²) in [5.74, 6) is 0. The summed E-state index contributed by atoms with van der Waals surface area (Å²) in [5, 5.41) is 17.7. The second-order valence-electron chi connectivity index (χ2n) is 3.11. The van der Waals surface area contributed by atoms with Gasteiger partial charge in [0.25, 0.3) is 0 Å². The van der Waals surface area contributed by atoms with E-state index in [0.717, 1.165) is 5.56 Å². The molecule has 0 saturated carbocycles. The first-order valence-corrected chi connectivity index (χ1v) is 4.46. The first-order chi connectivity index (χ1) is 6.77. The Kier molecular flexibility index (Phi) is 2.83. The van der Waals surface area contributed by atoms with Crippen molar-refractivity contribution in [3.8, 4) is 0 Å². The number of ether oxygens (including phenoxy) is 2. The fourth-order valence-corrected chi connectivity index (χ4v) is 1.38. The standard InChI is InChI=1S/C9H11BO4/c11-10(12)8-3-1-7(2-4-8)9-13-5-6-14-9/h1-4,9,11-12H,5-6H2. The lowest BCUT2D eigenvalue weighted by atomic mass is 9.80. The van der Waals surface area contributed by atoms with Gasteiger partial charge in [-0.2, -0.15) is 0 Å². The van der Waals surface area contributed by atoms with Gasteiger partial charge >= 0.3 is 7.12 Å². The third kappa shape index (κ3) is 1.96. The molecule has 1 saturated heterocycles. The average Bonchev–Trinajstić information content (AvgIpc) is 2.71. The second-order valence-corrected chi connectivity index (χ2v) is 3.11. The van der Waals surface area contributed by atoms with Gasteiger partial charge in [-0.1, -0.05) is 24.3 Å². The highest BCUT2D eigenvalue weighted by Crippen LogP contribution is 2.21. The lowest BCUT2D eigenvalue weighted by Gasteiger charge is -2.09. The molecule has 74 valence electrons. The fraction of sp³-hybridized carbons (Fsp3) is 0.333. The molecule has 14 heavy (non-hydrogen) atoms. The quantitative estimate of drug-likeness (QED) is 0.618. The van der Waals surface area contributed by atoms with Crippen LogP contribution in [-0.2, 0) is 9.47 Å². The van der Waals surface area contributed by atoms with Crippen LogP contribution in [0.25, 0.3) is 0 Å². The molecule has 2 rings (SSSR count). The predicted octanol–water partition coefficient (Wildman–Crippen LogP) is -0.588. The van der Waals surface area contributed by atoms with Crippen LogP contribution in [0.5, 0.6) is 0 Å². The Morgan fingerprint density at radius 1 is 1.07 bits per heavy atom. The summed E-state index contributed by atoms with van der Waals surface area (Å²) in [4.78, 5) is 0. The Labute approximate surface area is 82.2 Å². The van der Waals surface area contributed by atoms with Crippen molar-refractivity contribution in [2.75, 3.05) is 13.2 Å². The zero-order chi connectivity index (χ0) is 9.97. The summed E-state index contributed by atoms with van der Waals surface area (Å²) in [7, 11) is -1.42. The fourth-order valence-electron chi connectivity index (χ4n) is 1.38. The van der Waals surface area contributed by atoms with Crippen LogP contribution in [0.1, 0.15) is 11.9 Å². The summed E-state index contributed by atoms with van der Waals surface area (Å²) in [5.41, 5.74) is 1.36. The molecule has 1 fully saturated rings. The molecule has 0 aromatic heterocycles. The summed E-state index contributed by atoms with van der Waals surface area (Å²) < 4.78 is 10.6. The number of benzene rings is 1. The Balaban J connectivity index is 2.12. The maximum absolute atomic E-state index is 8.87. The van der Waals surface area contributed by atoms with Crippen molar-refractivity contribution in [3.63, 3.8) is 0 Å². The van der Waals surface area contributed by atoms with Crippen LogP contribution in [0.4, 0.5) is 0 Å². The number of hydrogen-bond donors (Lipinski definition) is 2. The minimum absolute atomic E-state index is 0.306. The van der Waals surface area contributed by atoms with Gasteiger partial charge in [0.05, 0.1) is 13.2 Å². The van der Waals surface area contributed by atoms with Crippen LogP contribution in [0.3, 0.4) is 0 Å². The van der Waals surface area contributed by atoms with Gasteiger partial charge in [0.1, 0.15) is 0 Å². The van der Waals surface area contributed by atoms with Gasteiger partial charge in [-0.05, 0) is 5.46 Å². The van der Waals surface area contributed by atoms with Crippen LogP contribution in [0, 0.1) is 0 Å². The molecule has 0 atom stereocenters. The molecular formula is C9H11BO4. The van der Waals surface area contributed by atoms with E-state index in [2.05, 4.69) is 0 Å². The summed E-state index contributed by atoms with van der Waals surface area (Å²) >= 11 is 0. The minimum atomic E-state index is -1.42. The van der Waals surface area contributed by atoms with Crippen LogP contribution in [0.15, 0.2) is 24.3 Å². The maximum Gasteiger partial charge on any atom is 0.488 e. The van der Waals surface area contributed by atoms with Crippen molar-refractivity contribution in [2.45, 2.75) is 6.29 Å². The van der Waals surface area contributed by atoms with Gasteiger partial charge < -0.3 is 19.5 Å². The van der Waals surface area contributed by atoms with Gasteiger partial charge in [0.15, 0.2) is 6.29 Å². The van der Waals surface area contributed by atoms with E-state index in [-0.39, 0.29) is 6.29 Å². The number of rotatable bonds is 2. The van der Waals surface area contributed by atoms with Crippen molar-refractivity contribution < 1.29 is 19.5 Å². The second kappa shape index (κ2) is 4.10. The summed E-state index contributed by atoms with van der Waals surface area (Å²) in [6.45, 7) is 1.21. The van der Waals surface area contributed by atoms with E-state index in [1.54, 1.807) is 24.3 Å². The van der Waals surface area contributed by atoms with Gasteiger partial charge in [-0.25, -0.2) is 0 Å². The molecule has 0 spiro atoms. The first-order valence-electron chi connectivity index (χ1n) is 4.46. The Hall–Kier alpha value is -0.875. The van der Waals surface area contributed by atoms with Gasteiger partial charge in [0, 0.05) is 5.56 Å². The molecule has 1 aromatic carbocycles. The van der Waals surface area contributed by atoms with Gasteiger partial charge in [0.2, 0.25) is 0 Å². The zero-order valence-electron chi connectivity index (χ0n) is 7.59. The van der Waals surface area contributed by atoms with E-state index in [0.29, 0.717) is 18.7 Å². The summed E-state index contributed by atoms with van der Waals surface area (Å²) in [6, 6.07) is 6.82. The largest absolute Gasteiger partial charge is 0.488 e. The van der Waals surface area contributed by atoms with Crippen LogP contribution in [0.2, 0.25) is 0 Å². The minimum Gasteiger partial charge on any atom is -0.423 e. The molecule has 1 aromatic rings. The third-order valence-electron chi connectivity index (χ3n) is 2.13. The monoisotopic (exact) mass is 194 g/mol. The Bertz CT molecular complexity index is 292. The van der Waals surface area contributed by atoms with E-state index >= 15 is 0 Å². The Morgan fingerprint density at radius 3 is 2.14 bits per heavy atom. The highest BCUT2D eigenvalue weighted by atomic mass is 16.7. The van der Waals surface area contributed by atoms with E-state index < -0.39 is 7.12 Å². The molecule has 0 bridgehead atoms. The number of hydrogen-bond acceptors (Lipinski definition) is 4. The lowest BCUT2D eigenvalue weighted by Crippen LogP contribution is -2.29. The van der Waals surface area contributed by atoms with Crippen molar-refractivity contribution >= 4 is 12.6 Å². The van der Waals surface area contributed by atoms with Gasteiger partial charge in [-0.15, -0.1) is 0 Å². The molecular weight excluding hydrogens is 183 g/mol. The normalized spacial score (nSPS) is 17.3. The molecule has 4 nitrogen and oxygen atoms in total. The van der Waals surface area contributed by atoms with Crippen LogP contribution >= 0.6 is 0 Å². The highest BCUT2D eigenvalue weighted by Gasteiger charge is 2.18. The van der Waals surface area contributed by atoms with Crippen molar-refractivity contribution in [1.29, 1.82) is 0 Å². The van der Waals surface area contributed by atoms with E-state index in [1.165, 1.54) is 0 Å². The van der Waals surface area contributed by atoms with E-state index in [4.69, 9.17) is 19.5 Å². The molecule has 0 amide bonds. The van der Waals surface area contributed by atoms with Crippen molar-refractivity contribution in [1.82, 2.24) is 0 Å². The predicted molar refractivity (Wildman–Crippen MR) is 50.9 cm³/mol. The Morgan fingerprint density at radius 2 is 1.64 bits per heavy atom. The SMILES string of the molecule is OB(O)c1ccc(C2OCCO2)cc1.